The highest BCUT2D eigenvalue weighted by atomic mass is 16.5. The van der Waals surface area contributed by atoms with E-state index in [1.807, 2.05) is 80.1 Å². The summed E-state index contributed by atoms with van der Waals surface area (Å²) in [6.07, 6.45) is 2.11. The largest absolute Gasteiger partial charge is 0.449 e. The molecule has 0 aliphatic carbocycles. The summed E-state index contributed by atoms with van der Waals surface area (Å²) in [5, 5.41) is 7.34. The number of para-hydroxylation sites is 1. The number of nitrogens with zero attached hydrogens (tertiary/aromatic N) is 2. The van der Waals surface area contributed by atoms with Gasteiger partial charge in [0.25, 0.3) is 5.91 Å². The molecule has 160 valence electrons. The van der Waals surface area contributed by atoms with E-state index >= 15 is 0 Å². The number of rotatable bonds is 7. The maximum atomic E-state index is 12.2. The van der Waals surface area contributed by atoms with Crippen molar-refractivity contribution < 1.29 is 14.3 Å². The molecular weight excluding hydrogens is 390 g/mol. The van der Waals surface area contributed by atoms with Crippen LogP contribution in [0.3, 0.4) is 0 Å². The molecule has 0 saturated heterocycles. The third kappa shape index (κ3) is 5.69. The summed E-state index contributed by atoms with van der Waals surface area (Å²) in [7, 11) is 0. The molecular formula is C25H27N3O3. The van der Waals surface area contributed by atoms with Gasteiger partial charge in [-0.05, 0) is 51.5 Å². The van der Waals surface area contributed by atoms with Gasteiger partial charge in [-0.3, -0.25) is 4.79 Å². The standard InChI is InChI=1S/C25H27N3O3/c1-17-10-12-21(13-11-17)16-26-25(30)20(4)31-24(29)15-14-23-18(2)27-28(19(23)3)22-8-6-5-7-9-22/h5-15,20H,16H2,1-4H3,(H,26,30)/b15-14+. The van der Waals surface area contributed by atoms with Crippen LogP contribution in [0.2, 0.25) is 0 Å². The third-order valence-corrected chi connectivity index (χ3v) is 4.98. The summed E-state index contributed by atoms with van der Waals surface area (Å²) in [6, 6.07) is 17.7. The second-order valence-electron chi connectivity index (χ2n) is 7.45. The topological polar surface area (TPSA) is 73.2 Å². The first-order valence-electron chi connectivity index (χ1n) is 10.2. The fourth-order valence-corrected chi connectivity index (χ4v) is 3.17. The van der Waals surface area contributed by atoms with Crippen molar-refractivity contribution in [1.82, 2.24) is 15.1 Å². The molecule has 3 aromatic rings. The van der Waals surface area contributed by atoms with E-state index in [9.17, 15) is 9.59 Å². The van der Waals surface area contributed by atoms with Crippen molar-refractivity contribution in [3.8, 4) is 5.69 Å². The number of carbonyl (C=O) groups excluding carboxylic acids is 2. The van der Waals surface area contributed by atoms with Gasteiger partial charge in [0.2, 0.25) is 0 Å². The number of esters is 1. The monoisotopic (exact) mass is 417 g/mol. The van der Waals surface area contributed by atoms with Crippen molar-refractivity contribution in [3.05, 3.63) is 88.8 Å². The Hall–Kier alpha value is -3.67. The molecule has 3 rings (SSSR count). The van der Waals surface area contributed by atoms with Gasteiger partial charge in [-0.1, -0.05) is 48.0 Å². The predicted octanol–water partition coefficient (Wildman–Crippen LogP) is 4.06. The lowest BCUT2D eigenvalue weighted by Gasteiger charge is -2.12. The van der Waals surface area contributed by atoms with Crippen molar-refractivity contribution in [2.45, 2.75) is 40.3 Å². The van der Waals surface area contributed by atoms with Gasteiger partial charge in [0.05, 0.1) is 11.4 Å². The number of amides is 1. The number of benzene rings is 2. The van der Waals surface area contributed by atoms with Crippen molar-refractivity contribution >= 4 is 18.0 Å². The minimum atomic E-state index is -0.892. The maximum Gasteiger partial charge on any atom is 0.331 e. The SMILES string of the molecule is Cc1ccc(CNC(=O)C(C)OC(=O)/C=C/c2c(C)nn(-c3ccccc3)c2C)cc1. The van der Waals surface area contributed by atoms with Crippen LogP contribution >= 0.6 is 0 Å². The van der Waals surface area contributed by atoms with Gasteiger partial charge in [-0.2, -0.15) is 5.10 Å². The van der Waals surface area contributed by atoms with Crippen molar-refractivity contribution in [1.29, 1.82) is 0 Å². The molecule has 0 spiro atoms. The van der Waals surface area contributed by atoms with E-state index in [4.69, 9.17) is 4.74 Å². The average Bonchev–Trinajstić information content (AvgIpc) is 3.05. The minimum absolute atomic E-state index is 0.341. The first-order chi connectivity index (χ1) is 14.8. The number of aromatic nitrogens is 2. The van der Waals surface area contributed by atoms with E-state index in [1.54, 1.807) is 13.0 Å². The van der Waals surface area contributed by atoms with E-state index in [-0.39, 0.29) is 5.91 Å². The molecule has 1 aromatic heterocycles. The van der Waals surface area contributed by atoms with Gasteiger partial charge in [0.1, 0.15) is 0 Å². The fraction of sp³-hybridized carbons (Fsp3) is 0.240. The lowest BCUT2D eigenvalue weighted by atomic mass is 10.1. The summed E-state index contributed by atoms with van der Waals surface area (Å²) >= 11 is 0. The Kier molecular flexibility index (Phi) is 7.03. The molecule has 1 atom stereocenters. The van der Waals surface area contributed by atoms with Crippen LogP contribution in [0.4, 0.5) is 0 Å². The second kappa shape index (κ2) is 9.89. The molecule has 1 unspecified atom stereocenters. The zero-order valence-corrected chi connectivity index (χ0v) is 18.3. The van der Waals surface area contributed by atoms with E-state index in [0.717, 1.165) is 33.8 Å². The lowest BCUT2D eigenvalue weighted by molar-refractivity contribution is -0.150. The second-order valence-corrected chi connectivity index (χ2v) is 7.45. The van der Waals surface area contributed by atoms with Gasteiger partial charge < -0.3 is 10.1 Å². The quantitative estimate of drug-likeness (QED) is 0.465. The van der Waals surface area contributed by atoms with Gasteiger partial charge >= 0.3 is 5.97 Å². The highest BCUT2D eigenvalue weighted by Gasteiger charge is 2.17. The number of hydrogen-bond acceptors (Lipinski definition) is 4. The average molecular weight is 418 g/mol. The molecule has 31 heavy (non-hydrogen) atoms. The van der Waals surface area contributed by atoms with Crippen LogP contribution in [-0.4, -0.2) is 27.8 Å². The molecule has 6 heteroatoms. The zero-order chi connectivity index (χ0) is 22.4. The predicted molar refractivity (Wildman–Crippen MR) is 121 cm³/mol. The Balaban J connectivity index is 1.58. The van der Waals surface area contributed by atoms with Crippen LogP contribution in [0, 0.1) is 20.8 Å². The van der Waals surface area contributed by atoms with Crippen LogP contribution in [-0.2, 0) is 20.9 Å². The molecule has 0 aliphatic rings. The normalized spacial score (nSPS) is 12.0. The summed E-state index contributed by atoms with van der Waals surface area (Å²) in [4.78, 5) is 24.5. The lowest BCUT2D eigenvalue weighted by Crippen LogP contribution is -2.35. The molecule has 2 aromatic carbocycles. The Morgan fingerprint density at radius 1 is 1.06 bits per heavy atom. The first-order valence-corrected chi connectivity index (χ1v) is 10.2. The van der Waals surface area contributed by atoms with Crippen LogP contribution in [0.5, 0.6) is 0 Å². The first kappa shape index (κ1) is 22.0. The van der Waals surface area contributed by atoms with Gasteiger partial charge in [0.15, 0.2) is 6.10 Å². The van der Waals surface area contributed by atoms with Crippen molar-refractivity contribution in [2.24, 2.45) is 0 Å². The molecule has 6 nitrogen and oxygen atoms in total. The highest BCUT2D eigenvalue weighted by Crippen LogP contribution is 2.19. The van der Waals surface area contributed by atoms with Gasteiger partial charge in [0, 0.05) is 23.9 Å². The van der Waals surface area contributed by atoms with E-state index < -0.39 is 12.1 Å². The Morgan fingerprint density at radius 2 is 1.74 bits per heavy atom. The number of aryl methyl sites for hydroxylation is 2. The number of nitrogens with one attached hydrogen (secondary N) is 1. The molecule has 1 amide bonds. The summed E-state index contributed by atoms with van der Waals surface area (Å²) in [5.41, 5.74) is 5.65. The summed E-state index contributed by atoms with van der Waals surface area (Å²) in [5.74, 6) is -0.921. The Bertz CT molecular complexity index is 1080. The molecule has 1 N–H and O–H groups in total. The van der Waals surface area contributed by atoms with Crippen LogP contribution in [0.1, 0.15) is 35.0 Å². The Morgan fingerprint density at radius 3 is 2.42 bits per heavy atom. The smallest absolute Gasteiger partial charge is 0.331 e. The zero-order valence-electron chi connectivity index (χ0n) is 18.3. The van der Waals surface area contributed by atoms with E-state index in [1.165, 1.54) is 6.08 Å². The molecule has 1 heterocycles. The highest BCUT2D eigenvalue weighted by molar-refractivity contribution is 5.90. The van der Waals surface area contributed by atoms with Crippen LogP contribution in [0.25, 0.3) is 11.8 Å². The molecule has 0 saturated carbocycles. The van der Waals surface area contributed by atoms with Gasteiger partial charge in [-0.15, -0.1) is 0 Å². The molecule has 0 fully saturated rings. The summed E-state index contributed by atoms with van der Waals surface area (Å²) < 4.78 is 7.08. The van der Waals surface area contributed by atoms with Crippen LogP contribution in [0.15, 0.2) is 60.7 Å². The fourth-order valence-electron chi connectivity index (χ4n) is 3.17. The third-order valence-electron chi connectivity index (χ3n) is 4.98. The number of ether oxygens (including phenoxy) is 1. The van der Waals surface area contributed by atoms with E-state index in [2.05, 4.69) is 10.4 Å². The van der Waals surface area contributed by atoms with Crippen molar-refractivity contribution in [2.75, 3.05) is 0 Å². The Labute approximate surface area is 182 Å². The minimum Gasteiger partial charge on any atom is -0.449 e. The summed E-state index contributed by atoms with van der Waals surface area (Å²) in [6.45, 7) is 7.78. The van der Waals surface area contributed by atoms with Crippen LogP contribution < -0.4 is 5.32 Å². The number of carbonyl (C=O) groups is 2. The molecule has 0 radical (unpaired) electrons. The number of hydrogen-bond donors (Lipinski definition) is 1. The maximum absolute atomic E-state index is 12.2. The van der Waals surface area contributed by atoms with E-state index in [0.29, 0.717) is 6.54 Å². The van der Waals surface area contributed by atoms with Crippen molar-refractivity contribution in [3.63, 3.8) is 0 Å². The molecule has 0 bridgehead atoms. The van der Waals surface area contributed by atoms with Gasteiger partial charge in [-0.25, -0.2) is 9.48 Å². The molecule has 0 aliphatic heterocycles.